The molecule has 0 atom stereocenters. The van der Waals surface area contributed by atoms with Gasteiger partial charge in [-0.25, -0.2) is 4.39 Å². The first-order valence-corrected chi connectivity index (χ1v) is 5.19. The van der Waals surface area contributed by atoms with Gasteiger partial charge in [-0.15, -0.1) is 0 Å². The molecule has 1 aliphatic rings. The first-order chi connectivity index (χ1) is 8.11. The Bertz CT molecular complexity index is 447. The molecule has 1 aromatic carbocycles. The number of nitro benzene ring substituents is 1. The van der Waals surface area contributed by atoms with Crippen LogP contribution in [-0.2, 0) is 0 Å². The summed E-state index contributed by atoms with van der Waals surface area (Å²) in [6.07, 6.45) is 0. The smallest absolute Gasteiger partial charge is 0.307 e. The second-order valence-electron chi connectivity index (χ2n) is 3.72. The highest BCUT2D eigenvalue weighted by Gasteiger charge is 2.26. The summed E-state index contributed by atoms with van der Waals surface area (Å²) in [6, 6.07) is 1.77. The van der Waals surface area contributed by atoms with E-state index in [1.165, 1.54) is 4.90 Å². The molecule has 1 aromatic rings. The summed E-state index contributed by atoms with van der Waals surface area (Å²) >= 11 is 0. The van der Waals surface area contributed by atoms with Crippen molar-refractivity contribution in [1.29, 1.82) is 0 Å². The van der Waals surface area contributed by atoms with Gasteiger partial charge in [-0.2, -0.15) is 4.39 Å². The van der Waals surface area contributed by atoms with Crippen LogP contribution in [0.5, 0.6) is 0 Å². The number of rotatable bonds is 2. The Morgan fingerprint density at radius 3 is 2.53 bits per heavy atom. The SMILES string of the molecule is O=[N+]([O-])c1ccc(F)c(N2CCNCC2)c1F. The van der Waals surface area contributed by atoms with Crippen LogP contribution in [0.2, 0.25) is 0 Å². The number of nitrogens with one attached hydrogen (secondary N) is 1. The second-order valence-corrected chi connectivity index (χ2v) is 3.72. The molecule has 1 aliphatic heterocycles. The molecule has 1 fully saturated rings. The van der Waals surface area contributed by atoms with Crippen LogP contribution >= 0.6 is 0 Å². The van der Waals surface area contributed by atoms with Crippen molar-refractivity contribution in [1.82, 2.24) is 5.32 Å². The van der Waals surface area contributed by atoms with Crippen molar-refractivity contribution in [3.63, 3.8) is 0 Å². The fourth-order valence-corrected chi connectivity index (χ4v) is 1.85. The summed E-state index contributed by atoms with van der Waals surface area (Å²) in [5.74, 6) is -1.87. The molecule has 0 aliphatic carbocycles. The molecule has 0 saturated carbocycles. The van der Waals surface area contributed by atoms with E-state index in [2.05, 4.69) is 5.32 Å². The zero-order chi connectivity index (χ0) is 12.4. The number of halogens is 2. The summed E-state index contributed by atoms with van der Waals surface area (Å²) in [7, 11) is 0. The number of hydrogen-bond donors (Lipinski definition) is 1. The summed E-state index contributed by atoms with van der Waals surface area (Å²) in [6.45, 7) is 2.05. The minimum Gasteiger partial charge on any atom is -0.364 e. The number of nitrogens with zero attached hydrogens (tertiary/aromatic N) is 2. The molecule has 5 nitrogen and oxygen atoms in total. The highest BCUT2D eigenvalue weighted by atomic mass is 19.1. The van der Waals surface area contributed by atoms with E-state index in [0.717, 1.165) is 12.1 Å². The molecule has 0 unspecified atom stereocenters. The van der Waals surface area contributed by atoms with E-state index in [4.69, 9.17) is 0 Å². The maximum absolute atomic E-state index is 13.8. The van der Waals surface area contributed by atoms with Gasteiger partial charge in [-0.1, -0.05) is 0 Å². The van der Waals surface area contributed by atoms with Crippen molar-refractivity contribution in [2.75, 3.05) is 31.1 Å². The van der Waals surface area contributed by atoms with Gasteiger partial charge in [-0.3, -0.25) is 10.1 Å². The molecule has 7 heteroatoms. The predicted molar refractivity (Wildman–Crippen MR) is 58.1 cm³/mol. The molecule has 1 heterocycles. The van der Waals surface area contributed by atoms with Gasteiger partial charge in [0.25, 0.3) is 0 Å². The number of hydrogen-bond acceptors (Lipinski definition) is 4. The van der Waals surface area contributed by atoms with Crippen LogP contribution in [0.3, 0.4) is 0 Å². The monoisotopic (exact) mass is 243 g/mol. The quantitative estimate of drug-likeness (QED) is 0.628. The van der Waals surface area contributed by atoms with Crippen molar-refractivity contribution in [3.8, 4) is 0 Å². The van der Waals surface area contributed by atoms with Gasteiger partial charge in [0.05, 0.1) is 4.92 Å². The average Bonchev–Trinajstić information content (AvgIpc) is 2.30. The standard InChI is InChI=1S/C10H11F2N3O2/c11-7-1-2-8(15(16)17)9(12)10(7)14-5-3-13-4-6-14/h1-2,13H,3-6H2. The minimum absolute atomic E-state index is 0.305. The summed E-state index contributed by atoms with van der Waals surface area (Å²) < 4.78 is 27.4. The molecule has 0 spiro atoms. The summed E-state index contributed by atoms with van der Waals surface area (Å²) in [4.78, 5) is 11.2. The van der Waals surface area contributed by atoms with Gasteiger partial charge in [0, 0.05) is 32.2 Å². The van der Waals surface area contributed by atoms with Crippen LogP contribution < -0.4 is 10.2 Å². The maximum atomic E-state index is 13.8. The van der Waals surface area contributed by atoms with E-state index < -0.39 is 22.2 Å². The van der Waals surface area contributed by atoms with Crippen molar-refractivity contribution in [2.24, 2.45) is 0 Å². The molecule has 0 aromatic heterocycles. The topological polar surface area (TPSA) is 58.4 Å². The Morgan fingerprint density at radius 1 is 1.29 bits per heavy atom. The molecular weight excluding hydrogens is 232 g/mol. The Hall–Kier alpha value is -1.76. The lowest BCUT2D eigenvalue weighted by Gasteiger charge is -2.29. The Kier molecular flexibility index (Phi) is 3.19. The molecule has 1 N–H and O–H groups in total. The molecule has 17 heavy (non-hydrogen) atoms. The van der Waals surface area contributed by atoms with E-state index in [1.807, 2.05) is 0 Å². The molecule has 92 valence electrons. The summed E-state index contributed by atoms with van der Waals surface area (Å²) in [5, 5.41) is 13.6. The Morgan fingerprint density at radius 2 is 1.94 bits per heavy atom. The van der Waals surface area contributed by atoms with E-state index in [-0.39, 0.29) is 5.69 Å². The van der Waals surface area contributed by atoms with Crippen molar-refractivity contribution in [3.05, 3.63) is 33.9 Å². The third-order valence-electron chi connectivity index (χ3n) is 2.68. The van der Waals surface area contributed by atoms with E-state index in [1.54, 1.807) is 0 Å². The third kappa shape index (κ3) is 2.19. The Labute approximate surface area is 96.2 Å². The van der Waals surface area contributed by atoms with Gasteiger partial charge in [-0.05, 0) is 6.07 Å². The highest BCUT2D eigenvalue weighted by Crippen LogP contribution is 2.30. The number of piperazine rings is 1. The molecule has 2 rings (SSSR count). The first kappa shape index (κ1) is 11.7. The van der Waals surface area contributed by atoms with Crippen LogP contribution in [0.15, 0.2) is 12.1 Å². The van der Waals surface area contributed by atoms with Crippen LogP contribution in [0.25, 0.3) is 0 Å². The molecular formula is C10H11F2N3O2. The Balaban J connectivity index is 2.43. The van der Waals surface area contributed by atoms with Gasteiger partial charge in [0.15, 0.2) is 0 Å². The molecule has 0 radical (unpaired) electrons. The fraction of sp³-hybridized carbons (Fsp3) is 0.400. The van der Waals surface area contributed by atoms with Crippen molar-refractivity contribution in [2.45, 2.75) is 0 Å². The largest absolute Gasteiger partial charge is 0.364 e. The van der Waals surface area contributed by atoms with Gasteiger partial charge < -0.3 is 10.2 Å². The van der Waals surface area contributed by atoms with E-state index in [9.17, 15) is 18.9 Å². The molecule has 0 amide bonds. The van der Waals surface area contributed by atoms with Crippen molar-refractivity contribution >= 4 is 11.4 Å². The number of benzene rings is 1. The van der Waals surface area contributed by atoms with Crippen LogP contribution in [0.4, 0.5) is 20.2 Å². The van der Waals surface area contributed by atoms with E-state index in [0.29, 0.717) is 26.2 Å². The zero-order valence-electron chi connectivity index (χ0n) is 8.95. The lowest BCUT2D eigenvalue weighted by molar-refractivity contribution is -0.387. The van der Waals surface area contributed by atoms with Crippen LogP contribution in [-0.4, -0.2) is 31.1 Å². The fourth-order valence-electron chi connectivity index (χ4n) is 1.85. The normalized spacial score (nSPS) is 16.0. The lowest BCUT2D eigenvalue weighted by atomic mass is 10.2. The van der Waals surface area contributed by atoms with Crippen LogP contribution in [0, 0.1) is 21.7 Å². The first-order valence-electron chi connectivity index (χ1n) is 5.19. The zero-order valence-corrected chi connectivity index (χ0v) is 8.95. The van der Waals surface area contributed by atoms with E-state index >= 15 is 0 Å². The summed E-state index contributed by atoms with van der Waals surface area (Å²) in [5.41, 5.74) is -0.999. The third-order valence-corrected chi connectivity index (χ3v) is 2.68. The molecule has 0 bridgehead atoms. The highest BCUT2D eigenvalue weighted by molar-refractivity contribution is 5.56. The van der Waals surface area contributed by atoms with Gasteiger partial charge in [0.2, 0.25) is 5.82 Å². The molecule has 1 saturated heterocycles. The lowest BCUT2D eigenvalue weighted by Crippen LogP contribution is -2.44. The predicted octanol–water partition coefficient (Wildman–Crippen LogP) is 1.28. The van der Waals surface area contributed by atoms with Gasteiger partial charge in [0.1, 0.15) is 11.5 Å². The van der Waals surface area contributed by atoms with Gasteiger partial charge >= 0.3 is 5.69 Å². The number of nitro groups is 1. The average molecular weight is 243 g/mol. The minimum atomic E-state index is -1.10. The van der Waals surface area contributed by atoms with Crippen LogP contribution in [0.1, 0.15) is 0 Å². The van der Waals surface area contributed by atoms with Crippen molar-refractivity contribution < 1.29 is 13.7 Å². The maximum Gasteiger partial charge on any atom is 0.307 e. The second kappa shape index (κ2) is 4.62. The number of anilines is 1.